The minimum absolute atomic E-state index is 0.822. The van der Waals surface area contributed by atoms with Crippen LogP contribution in [0.4, 0.5) is 5.69 Å². The number of nitrogens with zero attached hydrogens (tertiary/aromatic N) is 1. The standard InChI is InChI=1S/C6H7N.C3H3N/c7-6-4-2-1-3-5-6;1-2-3-4/h1-5H,7H2;2H,1H2. The molecule has 2 nitrogen and oxygen atoms in total. The van der Waals surface area contributed by atoms with Gasteiger partial charge in [-0.2, -0.15) is 5.26 Å². The molecule has 0 aliphatic heterocycles. The number of rotatable bonds is 0. The Morgan fingerprint density at radius 1 is 1.36 bits per heavy atom. The van der Waals surface area contributed by atoms with Gasteiger partial charge in [0.2, 0.25) is 0 Å². The number of hydrogen-bond acceptors (Lipinski definition) is 2. The monoisotopic (exact) mass is 146 g/mol. The molecule has 1 rings (SSSR count). The van der Waals surface area contributed by atoms with E-state index < -0.39 is 0 Å². The number of nitrogens with two attached hydrogens (primary N) is 1. The van der Waals surface area contributed by atoms with Crippen LogP contribution in [0.2, 0.25) is 0 Å². The van der Waals surface area contributed by atoms with E-state index in [1.165, 1.54) is 6.08 Å². The molecular formula is C9H10N2. The lowest BCUT2D eigenvalue weighted by Gasteiger charge is -1.83. The molecule has 0 bridgehead atoms. The molecule has 0 aliphatic carbocycles. The Morgan fingerprint density at radius 3 is 2.00 bits per heavy atom. The summed E-state index contributed by atoms with van der Waals surface area (Å²) in [7, 11) is 0. The highest BCUT2D eigenvalue weighted by atomic mass is 14.5. The molecule has 2 heteroatoms. The molecule has 0 fully saturated rings. The maximum Gasteiger partial charge on any atom is 0.0905 e. The lowest BCUT2D eigenvalue weighted by atomic mass is 10.3. The van der Waals surface area contributed by atoms with Gasteiger partial charge in [0, 0.05) is 11.8 Å². The Bertz CT molecular complexity index is 233. The van der Waals surface area contributed by atoms with E-state index >= 15 is 0 Å². The molecule has 1 aromatic carbocycles. The van der Waals surface area contributed by atoms with Crippen LogP contribution in [0.1, 0.15) is 0 Å². The van der Waals surface area contributed by atoms with Crippen LogP contribution < -0.4 is 5.73 Å². The lowest BCUT2D eigenvalue weighted by molar-refractivity contribution is 1.54. The molecule has 56 valence electrons. The van der Waals surface area contributed by atoms with Crippen LogP contribution >= 0.6 is 0 Å². The van der Waals surface area contributed by atoms with Crippen molar-refractivity contribution in [2.24, 2.45) is 0 Å². The summed E-state index contributed by atoms with van der Waals surface area (Å²) >= 11 is 0. The fourth-order valence-electron chi connectivity index (χ4n) is 0.453. The molecule has 0 aromatic heterocycles. The zero-order valence-corrected chi connectivity index (χ0v) is 6.20. The molecule has 11 heavy (non-hydrogen) atoms. The average Bonchev–Trinajstić information content (AvgIpc) is 2.07. The number of para-hydroxylation sites is 1. The third-order valence-corrected chi connectivity index (χ3v) is 0.891. The van der Waals surface area contributed by atoms with Crippen molar-refractivity contribution < 1.29 is 0 Å². The predicted molar refractivity (Wildman–Crippen MR) is 46.7 cm³/mol. The fraction of sp³-hybridized carbons (Fsp3) is 0. The molecular weight excluding hydrogens is 136 g/mol. The maximum atomic E-state index is 7.51. The minimum atomic E-state index is 0.822. The molecule has 0 saturated heterocycles. The molecule has 0 aliphatic rings. The fourth-order valence-corrected chi connectivity index (χ4v) is 0.453. The third-order valence-electron chi connectivity index (χ3n) is 0.891. The smallest absolute Gasteiger partial charge is 0.0905 e. The number of hydrogen-bond donors (Lipinski definition) is 1. The highest BCUT2D eigenvalue weighted by Gasteiger charge is 1.72. The van der Waals surface area contributed by atoms with Crippen molar-refractivity contribution in [2.45, 2.75) is 0 Å². The van der Waals surface area contributed by atoms with E-state index in [2.05, 4.69) is 6.58 Å². The normalized spacial score (nSPS) is 6.82. The quantitative estimate of drug-likeness (QED) is 0.449. The van der Waals surface area contributed by atoms with Crippen LogP contribution in [0.3, 0.4) is 0 Å². The third kappa shape index (κ3) is 6.13. The van der Waals surface area contributed by atoms with Crippen molar-refractivity contribution in [3.05, 3.63) is 43.0 Å². The summed E-state index contributed by atoms with van der Waals surface area (Å²) in [5.41, 5.74) is 6.18. The molecule has 0 unspecified atom stereocenters. The Labute approximate surface area is 66.6 Å². The summed E-state index contributed by atoms with van der Waals surface area (Å²) in [4.78, 5) is 0. The molecule has 0 saturated carbocycles. The van der Waals surface area contributed by atoms with E-state index in [1.54, 1.807) is 6.07 Å². The first-order chi connectivity index (χ1) is 5.31. The number of anilines is 1. The second-order valence-corrected chi connectivity index (χ2v) is 1.74. The average molecular weight is 146 g/mol. The maximum absolute atomic E-state index is 7.51. The highest BCUT2D eigenvalue weighted by molar-refractivity contribution is 5.35. The molecule has 1 aromatic rings. The SMILES string of the molecule is C=CC#N.Nc1ccccc1. The first kappa shape index (κ1) is 9.25. The van der Waals surface area contributed by atoms with Crippen LogP contribution in [0.25, 0.3) is 0 Å². The summed E-state index contributed by atoms with van der Waals surface area (Å²) in [6.45, 7) is 3.12. The van der Waals surface area contributed by atoms with Gasteiger partial charge >= 0.3 is 0 Å². The van der Waals surface area contributed by atoms with Crippen LogP contribution in [0.5, 0.6) is 0 Å². The van der Waals surface area contributed by atoms with Gasteiger partial charge in [0.05, 0.1) is 6.07 Å². The van der Waals surface area contributed by atoms with Gasteiger partial charge < -0.3 is 5.73 Å². The summed E-state index contributed by atoms with van der Waals surface area (Å²) < 4.78 is 0. The zero-order valence-electron chi connectivity index (χ0n) is 6.20. The van der Waals surface area contributed by atoms with E-state index in [4.69, 9.17) is 11.0 Å². The van der Waals surface area contributed by atoms with Crippen LogP contribution in [-0.4, -0.2) is 0 Å². The Balaban J connectivity index is 0.000000218. The first-order valence-corrected chi connectivity index (χ1v) is 3.12. The van der Waals surface area contributed by atoms with Gasteiger partial charge in [-0.25, -0.2) is 0 Å². The molecule has 0 spiro atoms. The molecule has 0 amide bonds. The second kappa shape index (κ2) is 6.37. The topological polar surface area (TPSA) is 49.8 Å². The van der Waals surface area contributed by atoms with E-state index in [0.717, 1.165) is 5.69 Å². The number of allylic oxidation sites excluding steroid dienone is 1. The summed E-state index contributed by atoms with van der Waals surface area (Å²) in [6.07, 6.45) is 1.18. The van der Waals surface area contributed by atoms with Gasteiger partial charge in [0.1, 0.15) is 0 Å². The Hall–Kier alpha value is -1.75. The van der Waals surface area contributed by atoms with E-state index in [1.807, 2.05) is 30.3 Å². The van der Waals surface area contributed by atoms with Crippen LogP contribution in [-0.2, 0) is 0 Å². The molecule has 0 radical (unpaired) electrons. The number of nitrogen functional groups attached to an aromatic ring is 1. The number of benzene rings is 1. The summed E-state index contributed by atoms with van der Waals surface area (Å²) in [5, 5.41) is 7.51. The van der Waals surface area contributed by atoms with Gasteiger partial charge in [0.25, 0.3) is 0 Å². The lowest BCUT2D eigenvalue weighted by Crippen LogP contribution is -1.79. The number of nitriles is 1. The van der Waals surface area contributed by atoms with Gasteiger partial charge in [-0.15, -0.1) is 0 Å². The predicted octanol–water partition coefficient (Wildman–Crippen LogP) is 1.96. The molecule has 0 heterocycles. The van der Waals surface area contributed by atoms with Crippen molar-refractivity contribution in [1.29, 1.82) is 5.26 Å². The second-order valence-electron chi connectivity index (χ2n) is 1.74. The van der Waals surface area contributed by atoms with E-state index in [9.17, 15) is 0 Å². The van der Waals surface area contributed by atoms with Gasteiger partial charge in [-0.05, 0) is 12.1 Å². The Morgan fingerprint density at radius 2 is 1.82 bits per heavy atom. The first-order valence-electron chi connectivity index (χ1n) is 3.12. The zero-order chi connectivity index (χ0) is 8.53. The van der Waals surface area contributed by atoms with Crippen molar-refractivity contribution in [3.8, 4) is 6.07 Å². The van der Waals surface area contributed by atoms with Crippen molar-refractivity contribution >= 4 is 5.69 Å². The van der Waals surface area contributed by atoms with E-state index in [0.29, 0.717) is 0 Å². The highest BCUT2D eigenvalue weighted by Crippen LogP contribution is 1.95. The largest absolute Gasteiger partial charge is 0.399 e. The summed E-state index contributed by atoms with van der Waals surface area (Å²) in [6, 6.07) is 11.2. The van der Waals surface area contributed by atoms with Gasteiger partial charge in [-0.1, -0.05) is 24.8 Å². The molecule has 0 atom stereocenters. The summed E-state index contributed by atoms with van der Waals surface area (Å²) in [5.74, 6) is 0. The van der Waals surface area contributed by atoms with Crippen molar-refractivity contribution in [1.82, 2.24) is 0 Å². The van der Waals surface area contributed by atoms with Crippen molar-refractivity contribution in [3.63, 3.8) is 0 Å². The van der Waals surface area contributed by atoms with Crippen LogP contribution in [0.15, 0.2) is 43.0 Å². The Kier molecular flexibility index (Phi) is 5.36. The van der Waals surface area contributed by atoms with Gasteiger partial charge in [0.15, 0.2) is 0 Å². The van der Waals surface area contributed by atoms with Gasteiger partial charge in [-0.3, -0.25) is 0 Å². The van der Waals surface area contributed by atoms with Crippen molar-refractivity contribution in [2.75, 3.05) is 5.73 Å². The minimum Gasteiger partial charge on any atom is -0.399 e. The van der Waals surface area contributed by atoms with Crippen LogP contribution in [0, 0.1) is 11.3 Å². The molecule has 2 N–H and O–H groups in total. The van der Waals surface area contributed by atoms with E-state index in [-0.39, 0.29) is 0 Å².